The second-order valence-electron chi connectivity index (χ2n) is 8.59. The zero-order valence-electron chi connectivity index (χ0n) is 17.4. The Bertz CT molecular complexity index is 1180. The van der Waals surface area contributed by atoms with Crippen LogP contribution in [0.15, 0.2) is 29.0 Å². The van der Waals surface area contributed by atoms with Crippen molar-refractivity contribution in [2.75, 3.05) is 14.1 Å². The molecule has 4 rings (SSSR count). The first-order valence-corrected chi connectivity index (χ1v) is 9.95. The topological polar surface area (TPSA) is 178 Å². The van der Waals surface area contributed by atoms with E-state index in [0.717, 1.165) is 0 Å². The Labute approximate surface area is 182 Å². The second kappa shape index (κ2) is 6.92. The highest BCUT2D eigenvalue weighted by Crippen LogP contribution is 2.52. The molecule has 6 N–H and O–H groups in total. The predicted octanol–water partition coefficient (Wildman–Crippen LogP) is 0.126. The third kappa shape index (κ3) is 2.69. The number of nitrogens with two attached hydrogens (primary N) is 1. The van der Waals surface area contributed by atoms with Gasteiger partial charge in [-0.05, 0) is 36.5 Å². The molecule has 32 heavy (non-hydrogen) atoms. The van der Waals surface area contributed by atoms with Crippen molar-refractivity contribution < 1.29 is 39.6 Å². The maximum Gasteiger partial charge on any atom is 0.255 e. The van der Waals surface area contributed by atoms with Crippen LogP contribution in [0, 0.1) is 11.8 Å². The maximum atomic E-state index is 13.4. The number of ketones is 2. The molecule has 1 aromatic rings. The molecule has 3 atom stereocenters. The highest BCUT2D eigenvalue weighted by molar-refractivity contribution is 6.22. The van der Waals surface area contributed by atoms with Gasteiger partial charge in [0.2, 0.25) is 5.78 Å². The SMILES string of the molecule is CN(C)C(=O)c1ccc(O)c2c1C[C@H]1C[C@H]3CC(=O)C(C(N)=O)=C(O)[C@@]3(O)C(=O)C1=C2O. The monoisotopic (exact) mass is 442 g/mol. The van der Waals surface area contributed by atoms with E-state index in [1.807, 2.05) is 0 Å². The molecule has 0 aromatic heterocycles. The Morgan fingerprint density at radius 2 is 1.78 bits per heavy atom. The lowest BCUT2D eigenvalue weighted by atomic mass is 9.59. The lowest BCUT2D eigenvalue weighted by Gasteiger charge is -2.46. The number of carbonyl (C=O) groups is 4. The summed E-state index contributed by atoms with van der Waals surface area (Å²) in [7, 11) is 3.10. The maximum absolute atomic E-state index is 13.4. The molecule has 1 aromatic carbocycles. The van der Waals surface area contributed by atoms with E-state index in [4.69, 9.17) is 5.73 Å². The smallest absolute Gasteiger partial charge is 0.255 e. The molecule has 0 unspecified atom stereocenters. The number of carbonyl (C=O) groups excluding carboxylic acids is 4. The molecule has 0 bridgehead atoms. The number of phenols is 1. The molecular weight excluding hydrogens is 420 g/mol. The summed E-state index contributed by atoms with van der Waals surface area (Å²) >= 11 is 0. The molecule has 3 aliphatic rings. The average Bonchev–Trinajstić information content (AvgIpc) is 2.70. The largest absolute Gasteiger partial charge is 0.508 e. The van der Waals surface area contributed by atoms with Crippen LogP contribution in [0.4, 0.5) is 0 Å². The number of nitrogens with zero attached hydrogens (tertiary/aromatic N) is 1. The van der Waals surface area contributed by atoms with Gasteiger partial charge < -0.3 is 31.1 Å². The Hall–Kier alpha value is -3.66. The van der Waals surface area contributed by atoms with Gasteiger partial charge in [0, 0.05) is 37.6 Å². The number of primary amides is 1. The molecular formula is C22H22N2O8. The van der Waals surface area contributed by atoms with Gasteiger partial charge in [0.05, 0.1) is 5.56 Å². The van der Waals surface area contributed by atoms with Gasteiger partial charge in [0.25, 0.3) is 11.8 Å². The number of hydrogen-bond acceptors (Lipinski definition) is 8. The van der Waals surface area contributed by atoms with Gasteiger partial charge in [-0.15, -0.1) is 0 Å². The first-order chi connectivity index (χ1) is 14.9. The molecule has 0 radical (unpaired) electrons. The lowest BCUT2D eigenvalue weighted by molar-refractivity contribution is -0.147. The number of phenolic OH excluding ortho intramolecular Hbond substituents is 1. The summed E-state index contributed by atoms with van der Waals surface area (Å²) in [6.07, 6.45) is -0.308. The molecule has 0 saturated heterocycles. The number of Topliss-reactive ketones (excluding diaryl/α,β-unsaturated/α-hetero) is 2. The van der Waals surface area contributed by atoms with E-state index in [0.29, 0.717) is 5.56 Å². The van der Waals surface area contributed by atoms with Crippen molar-refractivity contribution >= 4 is 29.1 Å². The van der Waals surface area contributed by atoms with Crippen LogP contribution in [0.1, 0.15) is 34.3 Å². The summed E-state index contributed by atoms with van der Waals surface area (Å²) in [5.41, 5.74) is 1.93. The highest BCUT2D eigenvalue weighted by Gasteiger charge is 2.60. The number of aliphatic hydroxyl groups excluding tert-OH is 2. The Kier molecular flexibility index (Phi) is 4.67. The minimum Gasteiger partial charge on any atom is -0.508 e. The highest BCUT2D eigenvalue weighted by atomic mass is 16.3. The van der Waals surface area contributed by atoms with E-state index in [2.05, 4.69) is 0 Å². The van der Waals surface area contributed by atoms with Crippen LogP contribution in [0.5, 0.6) is 5.75 Å². The van der Waals surface area contributed by atoms with Crippen LogP contribution in [-0.2, 0) is 20.8 Å². The molecule has 0 spiro atoms. The Morgan fingerprint density at radius 3 is 2.38 bits per heavy atom. The minimum atomic E-state index is -2.61. The number of benzene rings is 1. The van der Waals surface area contributed by atoms with E-state index >= 15 is 0 Å². The van der Waals surface area contributed by atoms with E-state index in [1.165, 1.54) is 17.0 Å². The molecule has 3 aliphatic carbocycles. The predicted molar refractivity (Wildman–Crippen MR) is 109 cm³/mol. The molecule has 168 valence electrons. The number of amides is 2. The number of aliphatic hydroxyl groups is 3. The van der Waals surface area contributed by atoms with E-state index in [1.54, 1.807) is 14.1 Å². The number of aromatic hydroxyl groups is 1. The van der Waals surface area contributed by atoms with Crippen LogP contribution in [0.2, 0.25) is 0 Å². The summed E-state index contributed by atoms with van der Waals surface area (Å²) < 4.78 is 0. The molecule has 2 amide bonds. The van der Waals surface area contributed by atoms with Crippen molar-refractivity contribution in [3.8, 4) is 5.75 Å². The summed E-state index contributed by atoms with van der Waals surface area (Å²) in [5, 5.41) is 43.1. The Morgan fingerprint density at radius 1 is 1.12 bits per heavy atom. The van der Waals surface area contributed by atoms with Crippen LogP contribution < -0.4 is 5.73 Å². The van der Waals surface area contributed by atoms with Crippen molar-refractivity contribution in [3.05, 3.63) is 45.7 Å². The van der Waals surface area contributed by atoms with Crippen molar-refractivity contribution in [2.24, 2.45) is 17.6 Å². The van der Waals surface area contributed by atoms with Gasteiger partial charge in [-0.2, -0.15) is 0 Å². The second-order valence-corrected chi connectivity index (χ2v) is 8.59. The van der Waals surface area contributed by atoms with Crippen molar-refractivity contribution in [2.45, 2.75) is 24.9 Å². The normalized spacial score (nSPS) is 27.0. The third-order valence-corrected chi connectivity index (χ3v) is 6.58. The van der Waals surface area contributed by atoms with Crippen LogP contribution in [-0.4, -0.2) is 68.4 Å². The number of rotatable bonds is 2. The fraction of sp³-hybridized carbons (Fsp3) is 0.364. The molecule has 1 saturated carbocycles. The Balaban J connectivity index is 1.94. The molecule has 0 heterocycles. The average molecular weight is 442 g/mol. The van der Waals surface area contributed by atoms with Crippen LogP contribution >= 0.6 is 0 Å². The van der Waals surface area contributed by atoms with Crippen molar-refractivity contribution in [1.29, 1.82) is 0 Å². The first kappa shape index (κ1) is 21.6. The summed E-state index contributed by atoms with van der Waals surface area (Å²) in [6, 6.07) is 2.65. The molecule has 0 aliphatic heterocycles. The quantitative estimate of drug-likeness (QED) is 0.401. The summed E-state index contributed by atoms with van der Waals surface area (Å²) in [4.78, 5) is 51.3. The number of hydrogen-bond donors (Lipinski definition) is 5. The molecule has 10 nitrogen and oxygen atoms in total. The standard InChI is InChI=1S/C22H22N2O8/c1-24(2)21(31)10-3-4-12(25)15-11(10)6-8-5-9-7-13(26)16(20(23)30)19(29)22(9,32)18(28)14(8)17(15)27/h3-4,8-9,25,27,29,32H,5-7H2,1-2H3,(H2,23,30)/t8-,9+,22+/m1/s1. The van der Waals surface area contributed by atoms with Crippen molar-refractivity contribution in [3.63, 3.8) is 0 Å². The van der Waals surface area contributed by atoms with E-state index in [9.17, 15) is 39.6 Å². The van der Waals surface area contributed by atoms with E-state index in [-0.39, 0.29) is 41.2 Å². The third-order valence-electron chi connectivity index (χ3n) is 6.58. The fourth-order valence-electron chi connectivity index (χ4n) is 5.06. The van der Waals surface area contributed by atoms with Crippen molar-refractivity contribution in [1.82, 2.24) is 4.90 Å². The summed E-state index contributed by atoms with van der Waals surface area (Å²) in [5.74, 6) is -7.35. The van der Waals surface area contributed by atoms with Gasteiger partial charge in [0.1, 0.15) is 22.8 Å². The molecule has 1 fully saturated rings. The van der Waals surface area contributed by atoms with Crippen LogP contribution in [0.3, 0.4) is 0 Å². The minimum absolute atomic E-state index is 0.00810. The van der Waals surface area contributed by atoms with Gasteiger partial charge in [-0.25, -0.2) is 0 Å². The lowest BCUT2D eigenvalue weighted by Crippen LogP contribution is -2.58. The fourth-order valence-corrected chi connectivity index (χ4v) is 5.06. The molecule has 10 heteroatoms. The van der Waals surface area contributed by atoms with Gasteiger partial charge in [-0.1, -0.05) is 0 Å². The van der Waals surface area contributed by atoms with Gasteiger partial charge in [0.15, 0.2) is 11.4 Å². The zero-order valence-corrected chi connectivity index (χ0v) is 17.4. The zero-order chi connectivity index (χ0) is 23.7. The van der Waals surface area contributed by atoms with E-state index < -0.39 is 58.4 Å². The number of fused-ring (bicyclic) bond motifs is 3. The van der Waals surface area contributed by atoms with Crippen LogP contribution in [0.25, 0.3) is 5.76 Å². The van der Waals surface area contributed by atoms with Gasteiger partial charge in [-0.3, -0.25) is 19.2 Å². The summed E-state index contributed by atoms with van der Waals surface area (Å²) in [6.45, 7) is 0. The van der Waals surface area contributed by atoms with Gasteiger partial charge >= 0.3 is 0 Å². The first-order valence-electron chi connectivity index (χ1n) is 9.95.